The summed E-state index contributed by atoms with van der Waals surface area (Å²) in [6, 6.07) is 13.5. The lowest BCUT2D eigenvalue weighted by atomic mass is 10.1. The lowest BCUT2D eigenvalue weighted by molar-refractivity contribution is -0.138. The highest BCUT2D eigenvalue weighted by atomic mass is 79.9. The largest absolute Gasteiger partial charge is 0.370 e. The lowest BCUT2D eigenvalue weighted by Crippen LogP contribution is -2.43. The molecule has 9 heteroatoms. The van der Waals surface area contributed by atoms with E-state index in [1.54, 1.807) is 4.90 Å². The summed E-state index contributed by atoms with van der Waals surface area (Å²) in [5.41, 5.74) is 1.43. The Kier molecular flexibility index (Phi) is 7.41. The number of hydrogen-bond donors (Lipinski definition) is 1. The fraction of sp³-hybridized carbons (Fsp3) is 0.333. The lowest BCUT2D eigenvalue weighted by Gasteiger charge is -2.33. The monoisotopic (exact) mass is 494 g/mol. The topological polar surface area (TPSA) is 92.8 Å². The second kappa shape index (κ2) is 9.82. The van der Waals surface area contributed by atoms with Crippen molar-refractivity contribution in [1.29, 1.82) is 0 Å². The van der Waals surface area contributed by atoms with Crippen molar-refractivity contribution in [1.82, 2.24) is 9.62 Å². The van der Waals surface area contributed by atoms with Crippen molar-refractivity contribution >= 4 is 37.6 Å². The molecule has 2 aromatic rings. The van der Waals surface area contributed by atoms with Gasteiger partial charge in [-0.2, -0.15) is 0 Å². The molecule has 1 fully saturated rings. The van der Waals surface area contributed by atoms with E-state index in [-0.39, 0.29) is 35.7 Å². The molecule has 1 amide bonds. The van der Waals surface area contributed by atoms with E-state index in [9.17, 15) is 18.0 Å². The number of nitrogens with zero attached hydrogens (tertiary/aromatic N) is 1. The van der Waals surface area contributed by atoms with Crippen LogP contribution in [0.15, 0.2) is 57.9 Å². The molecule has 1 atom stereocenters. The standard InChI is InChI=1S/C21H23BrN2O5S/c1-15(25)16-4-8-19(9-5-16)30(27,28)23-11-10-21(26)24-12-13-29-20(14-24)17-2-6-18(22)7-3-17/h2-9,20,23H,10-14H2,1H3. The van der Waals surface area contributed by atoms with E-state index in [1.807, 2.05) is 24.3 Å². The van der Waals surface area contributed by atoms with Gasteiger partial charge in [-0.05, 0) is 36.8 Å². The molecular weight excluding hydrogens is 472 g/mol. The normalized spacial score (nSPS) is 17.0. The summed E-state index contributed by atoms with van der Waals surface area (Å²) in [7, 11) is -3.75. The van der Waals surface area contributed by atoms with Crippen molar-refractivity contribution in [3.8, 4) is 0 Å². The Labute approximate surface area is 184 Å². The Morgan fingerprint density at radius 2 is 1.80 bits per heavy atom. The van der Waals surface area contributed by atoms with Crippen molar-refractivity contribution in [3.63, 3.8) is 0 Å². The number of hydrogen-bond acceptors (Lipinski definition) is 5. The molecule has 1 heterocycles. The van der Waals surface area contributed by atoms with Crippen molar-refractivity contribution in [2.24, 2.45) is 0 Å². The predicted octanol–water partition coefficient (Wildman–Crippen LogP) is 2.92. The van der Waals surface area contributed by atoms with Crippen LogP contribution in [0.1, 0.15) is 35.4 Å². The summed E-state index contributed by atoms with van der Waals surface area (Å²) in [5, 5.41) is 0. The molecule has 0 aliphatic carbocycles. The Morgan fingerprint density at radius 1 is 1.13 bits per heavy atom. The minimum Gasteiger partial charge on any atom is -0.370 e. The van der Waals surface area contributed by atoms with Crippen LogP contribution in [0.3, 0.4) is 0 Å². The highest BCUT2D eigenvalue weighted by Gasteiger charge is 2.25. The highest BCUT2D eigenvalue weighted by molar-refractivity contribution is 9.10. The van der Waals surface area contributed by atoms with Gasteiger partial charge < -0.3 is 9.64 Å². The molecule has 7 nitrogen and oxygen atoms in total. The van der Waals surface area contributed by atoms with Gasteiger partial charge in [0, 0.05) is 29.5 Å². The smallest absolute Gasteiger partial charge is 0.240 e. The van der Waals surface area contributed by atoms with Gasteiger partial charge in [0.25, 0.3) is 0 Å². The quantitative estimate of drug-likeness (QED) is 0.597. The SMILES string of the molecule is CC(=O)c1ccc(S(=O)(=O)NCCC(=O)N2CCOC(c3ccc(Br)cc3)C2)cc1. The molecule has 0 spiro atoms. The maximum Gasteiger partial charge on any atom is 0.240 e. The van der Waals surface area contributed by atoms with Gasteiger partial charge in [-0.1, -0.05) is 40.2 Å². The van der Waals surface area contributed by atoms with Crippen LogP contribution >= 0.6 is 15.9 Å². The molecule has 0 aromatic heterocycles. The van der Waals surface area contributed by atoms with E-state index in [2.05, 4.69) is 20.7 Å². The van der Waals surface area contributed by atoms with Gasteiger partial charge >= 0.3 is 0 Å². The van der Waals surface area contributed by atoms with Gasteiger partial charge in [-0.3, -0.25) is 9.59 Å². The van der Waals surface area contributed by atoms with Crippen LogP contribution < -0.4 is 4.72 Å². The van der Waals surface area contributed by atoms with Crippen LogP contribution in [0.2, 0.25) is 0 Å². The van der Waals surface area contributed by atoms with Gasteiger partial charge in [-0.25, -0.2) is 13.1 Å². The number of Topliss-reactive ketones (excluding diaryl/α,β-unsaturated/α-hetero) is 1. The van der Waals surface area contributed by atoms with Crippen molar-refractivity contribution in [2.75, 3.05) is 26.2 Å². The molecule has 30 heavy (non-hydrogen) atoms. The maximum atomic E-state index is 12.6. The van der Waals surface area contributed by atoms with Crippen LogP contribution in [0, 0.1) is 0 Å². The van der Waals surface area contributed by atoms with Gasteiger partial charge in [0.05, 0.1) is 18.0 Å². The third-order valence-corrected chi connectivity index (χ3v) is 6.87. The summed E-state index contributed by atoms with van der Waals surface area (Å²) in [4.78, 5) is 25.6. The number of carbonyl (C=O) groups is 2. The maximum absolute atomic E-state index is 12.6. The Balaban J connectivity index is 1.53. The first-order chi connectivity index (χ1) is 14.3. The molecule has 0 bridgehead atoms. The van der Waals surface area contributed by atoms with E-state index < -0.39 is 10.0 Å². The Hall–Kier alpha value is -2.07. The summed E-state index contributed by atoms with van der Waals surface area (Å²) in [6.07, 6.45) is -0.148. The second-order valence-electron chi connectivity index (χ2n) is 6.98. The number of ether oxygens (including phenoxy) is 1. The van der Waals surface area contributed by atoms with E-state index in [4.69, 9.17) is 4.74 Å². The van der Waals surface area contributed by atoms with E-state index in [0.29, 0.717) is 25.3 Å². The molecule has 1 unspecified atom stereocenters. The minimum absolute atomic E-state index is 0.00403. The average molecular weight is 495 g/mol. The molecule has 0 saturated carbocycles. The van der Waals surface area contributed by atoms with Crippen molar-refractivity contribution in [3.05, 3.63) is 64.1 Å². The number of nitrogens with one attached hydrogen (secondary N) is 1. The molecule has 1 aliphatic rings. The molecular formula is C21H23BrN2O5S. The molecule has 3 rings (SSSR count). The number of amides is 1. The summed E-state index contributed by atoms with van der Waals surface area (Å²) in [5.74, 6) is -0.264. The number of carbonyl (C=O) groups excluding carboxylic acids is 2. The van der Waals surface area contributed by atoms with Gasteiger partial charge in [0.1, 0.15) is 6.10 Å². The number of ketones is 1. The number of rotatable bonds is 7. The number of sulfonamides is 1. The summed E-state index contributed by atoms with van der Waals surface area (Å²) < 4.78 is 34.0. The first-order valence-corrected chi connectivity index (χ1v) is 11.8. The number of halogens is 1. The Morgan fingerprint density at radius 3 is 2.43 bits per heavy atom. The van der Waals surface area contributed by atoms with Crippen molar-refractivity contribution < 1.29 is 22.7 Å². The van der Waals surface area contributed by atoms with Crippen LogP contribution in [0.25, 0.3) is 0 Å². The molecule has 1 aliphatic heterocycles. The molecule has 160 valence electrons. The highest BCUT2D eigenvalue weighted by Crippen LogP contribution is 2.24. The first kappa shape index (κ1) is 22.6. The van der Waals surface area contributed by atoms with Crippen molar-refractivity contribution in [2.45, 2.75) is 24.3 Å². The van der Waals surface area contributed by atoms with Crippen LogP contribution in [-0.2, 0) is 19.6 Å². The zero-order chi connectivity index (χ0) is 21.7. The van der Waals surface area contributed by atoms with Gasteiger partial charge in [0.2, 0.25) is 15.9 Å². The van der Waals surface area contributed by atoms with Crippen LogP contribution in [-0.4, -0.2) is 51.2 Å². The molecule has 2 aromatic carbocycles. The van der Waals surface area contributed by atoms with E-state index in [0.717, 1.165) is 10.0 Å². The zero-order valence-corrected chi connectivity index (χ0v) is 18.9. The third kappa shape index (κ3) is 5.75. The second-order valence-corrected chi connectivity index (χ2v) is 9.66. The Bertz CT molecular complexity index is 1010. The van der Waals surface area contributed by atoms with Crippen LogP contribution in [0.5, 0.6) is 0 Å². The predicted molar refractivity (Wildman–Crippen MR) is 116 cm³/mol. The summed E-state index contributed by atoms with van der Waals surface area (Å²) >= 11 is 3.40. The third-order valence-electron chi connectivity index (χ3n) is 4.86. The summed E-state index contributed by atoms with van der Waals surface area (Å²) in [6.45, 7) is 2.75. The first-order valence-electron chi connectivity index (χ1n) is 9.52. The number of benzene rings is 2. The van der Waals surface area contributed by atoms with E-state index >= 15 is 0 Å². The van der Waals surface area contributed by atoms with Gasteiger partial charge in [0.15, 0.2) is 5.78 Å². The fourth-order valence-corrected chi connectivity index (χ4v) is 4.45. The molecule has 0 radical (unpaired) electrons. The molecule has 1 saturated heterocycles. The average Bonchev–Trinajstić information content (AvgIpc) is 2.74. The van der Waals surface area contributed by atoms with Gasteiger partial charge in [-0.15, -0.1) is 0 Å². The number of morpholine rings is 1. The molecule has 1 N–H and O–H groups in total. The van der Waals surface area contributed by atoms with Crippen LogP contribution in [0.4, 0.5) is 0 Å². The minimum atomic E-state index is -3.75. The van der Waals surface area contributed by atoms with E-state index in [1.165, 1.54) is 31.2 Å². The zero-order valence-electron chi connectivity index (χ0n) is 16.5. The fourth-order valence-electron chi connectivity index (χ4n) is 3.16.